The first-order valence-electron chi connectivity index (χ1n) is 3.18. The molecule has 1 rings (SSSR count). The summed E-state index contributed by atoms with van der Waals surface area (Å²) in [7, 11) is 1.85. The highest BCUT2D eigenvalue weighted by Crippen LogP contribution is 2.09. The molecular formula is C8H9NO2. The Morgan fingerprint density at radius 2 is 2.55 bits per heavy atom. The van der Waals surface area contributed by atoms with E-state index in [9.17, 15) is 4.79 Å². The molecule has 0 aromatic carbocycles. The number of aryl methyl sites for hydroxylation is 1. The van der Waals surface area contributed by atoms with Gasteiger partial charge in [0.25, 0.3) is 0 Å². The molecule has 1 aromatic rings. The van der Waals surface area contributed by atoms with Crippen LogP contribution in [0.25, 0.3) is 0 Å². The van der Waals surface area contributed by atoms with Crippen LogP contribution in [0.2, 0.25) is 0 Å². The highest BCUT2D eigenvalue weighted by molar-refractivity contribution is 5.83. The van der Waals surface area contributed by atoms with Gasteiger partial charge in [-0.05, 0) is 6.07 Å². The van der Waals surface area contributed by atoms with Crippen LogP contribution in [0, 0.1) is 0 Å². The maximum Gasteiger partial charge on any atom is 0.335 e. The first-order chi connectivity index (χ1) is 5.22. The van der Waals surface area contributed by atoms with Gasteiger partial charge in [-0.3, -0.25) is 0 Å². The van der Waals surface area contributed by atoms with Crippen molar-refractivity contribution in [1.82, 2.24) is 4.57 Å². The fourth-order valence-corrected chi connectivity index (χ4v) is 0.696. The molecule has 0 aliphatic carbocycles. The van der Waals surface area contributed by atoms with Gasteiger partial charge in [0.1, 0.15) is 5.75 Å². The molecular weight excluding hydrogens is 142 g/mol. The molecule has 3 nitrogen and oxygen atoms in total. The number of carbonyl (C=O) groups excluding carboxylic acids is 1. The second-order valence-corrected chi connectivity index (χ2v) is 2.14. The molecule has 0 spiro atoms. The average molecular weight is 151 g/mol. The number of hydrogen-bond donors (Lipinski definition) is 0. The number of hydrogen-bond acceptors (Lipinski definition) is 2. The van der Waals surface area contributed by atoms with E-state index < -0.39 is 5.97 Å². The molecule has 0 bridgehead atoms. The first kappa shape index (κ1) is 7.60. The Morgan fingerprint density at radius 3 is 3.00 bits per heavy atom. The molecule has 1 aromatic heterocycles. The highest BCUT2D eigenvalue weighted by atomic mass is 16.5. The molecule has 0 radical (unpaired) electrons. The second kappa shape index (κ2) is 3.05. The van der Waals surface area contributed by atoms with Crippen molar-refractivity contribution >= 4 is 5.97 Å². The summed E-state index contributed by atoms with van der Waals surface area (Å²) in [6.45, 7) is 3.28. The van der Waals surface area contributed by atoms with Gasteiger partial charge in [-0.1, -0.05) is 6.58 Å². The van der Waals surface area contributed by atoms with E-state index in [0.717, 1.165) is 6.08 Å². The first-order valence-corrected chi connectivity index (χ1v) is 3.18. The van der Waals surface area contributed by atoms with Crippen molar-refractivity contribution in [1.29, 1.82) is 0 Å². The summed E-state index contributed by atoms with van der Waals surface area (Å²) < 4.78 is 6.60. The molecule has 3 heteroatoms. The van der Waals surface area contributed by atoms with Crippen molar-refractivity contribution in [2.45, 2.75) is 0 Å². The smallest absolute Gasteiger partial charge is 0.335 e. The van der Waals surface area contributed by atoms with Gasteiger partial charge < -0.3 is 9.30 Å². The van der Waals surface area contributed by atoms with E-state index in [1.54, 1.807) is 23.0 Å². The minimum atomic E-state index is -0.434. The Labute approximate surface area is 64.9 Å². The summed E-state index contributed by atoms with van der Waals surface area (Å²) in [4.78, 5) is 10.6. The van der Waals surface area contributed by atoms with Crippen molar-refractivity contribution < 1.29 is 9.53 Å². The molecule has 0 aliphatic heterocycles. The average Bonchev–Trinajstić information content (AvgIpc) is 2.35. The summed E-state index contributed by atoms with van der Waals surface area (Å²) in [6, 6.07) is 1.71. The number of rotatable bonds is 2. The molecule has 0 unspecified atom stereocenters. The SMILES string of the molecule is C=CC(=O)Oc1ccn(C)c1. The van der Waals surface area contributed by atoms with Crippen LogP contribution in [0.15, 0.2) is 31.1 Å². The van der Waals surface area contributed by atoms with E-state index in [4.69, 9.17) is 4.74 Å². The normalized spacial score (nSPS) is 9.18. The van der Waals surface area contributed by atoms with Crippen molar-refractivity contribution in [2.75, 3.05) is 0 Å². The quantitative estimate of drug-likeness (QED) is 0.468. The van der Waals surface area contributed by atoms with Gasteiger partial charge in [-0.15, -0.1) is 0 Å². The van der Waals surface area contributed by atoms with Gasteiger partial charge in [0, 0.05) is 25.5 Å². The molecule has 0 saturated carbocycles. The topological polar surface area (TPSA) is 31.2 Å². The van der Waals surface area contributed by atoms with Crippen molar-refractivity contribution in [3.63, 3.8) is 0 Å². The van der Waals surface area contributed by atoms with Crippen LogP contribution >= 0.6 is 0 Å². The van der Waals surface area contributed by atoms with Gasteiger partial charge in [-0.25, -0.2) is 4.79 Å². The Kier molecular flexibility index (Phi) is 2.11. The van der Waals surface area contributed by atoms with Gasteiger partial charge in [0.05, 0.1) is 0 Å². The fraction of sp³-hybridized carbons (Fsp3) is 0.125. The Balaban J connectivity index is 2.64. The zero-order valence-electron chi connectivity index (χ0n) is 6.28. The van der Waals surface area contributed by atoms with E-state index in [1.807, 2.05) is 7.05 Å². The van der Waals surface area contributed by atoms with Crippen LogP contribution in [-0.4, -0.2) is 10.5 Å². The summed E-state index contributed by atoms with van der Waals surface area (Å²) >= 11 is 0. The lowest BCUT2D eigenvalue weighted by Gasteiger charge is -1.94. The molecule has 1 heterocycles. The molecule has 0 atom stereocenters. The van der Waals surface area contributed by atoms with Crippen molar-refractivity contribution in [3.05, 3.63) is 31.1 Å². The van der Waals surface area contributed by atoms with Crippen LogP contribution in [-0.2, 0) is 11.8 Å². The van der Waals surface area contributed by atoms with E-state index in [1.165, 1.54) is 0 Å². The van der Waals surface area contributed by atoms with Gasteiger partial charge in [0.15, 0.2) is 0 Å². The summed E-state index contributed by atoms with van der Waals surface area (Å²) in [5.74, 6) is 0.105. The lowest BCUT2D eigenvalue weighted by Crippen LogP contribution is -2.01. The van der Waals surface area contributed by atoms with Crippen LogP contribution < -0.4 is 4.74 Å². The lowest BCUT2D eigenvalue weighted by atomic mass is 10.6. The fourth-order valence-electron chi connectivity index (χ4n) is 0.696. The standard InChI is InChI=1S/C8H9NO2/c1-3-8(10)11-7-4-5-9(2)6-7/h3-6H,1H2,2H3. The molecule has 11 heavy (non-hydrogen) atoms. The minimum Gasteiger partial charge on any atom is -0.422 e. The third-order valence-corrected chi connectivity index (χ3v) is 1.19. The maximum absolute atomic E-state index is 10.6. The van der Waals surface area contributed by atoms with Crippen LogP contribution in [0.4, 0.5) is 0 Å². The minimum absolute atomic E-state index is 0.434. The summed E-state index contributed by atoms with van der Waals surface area (Å²) in [5.41, 5.74) is 0. The molecule has 58 valence electrons. The Bertz CT molecular complexity index is 275. The van der Waals surface area contributed by atoms with Crippen LogP contribution in [0.3, 0.4) is 0 Å². The number of ether oxygens (including phenoxy) is 1. The third kappa shape index (κ3) is 1.97. The zero-order chi connectivity index (χ0) is 8.27. The second-order valence-electron chi connectivity index (χ2n) is 2.14. The number of aromatic nitrogens is 1. The molecule has 0 saturated heterocycles. The molecule has 0 amide bonds. The van der Waals surface area contributed by atoms with E-state index in [-0.39, 0.29) is 0 Å². The van der Waals surface area contributed by atoms with Crippen molar-refractivity contribution in [2.24, 2.45) is 7.05 Å². The van der Waals surface area contributed by atoms with E-state index in [0.29, 0.717) is 5.75 Å². The number of esters is 1. The predicted molar refractivity (Wildman–Crippen MR) is 41.2 cm³/mol. The Morgan fingerprint density at radius 1 is 1.82 bits per heavy atom. The van der Waals surface area contributed by atoms with E-state index in [2.05, 4.69) is 6.58 Å². The zero-order valence-corrected chi connectivity index (χ0v) is 6.28. The lowest BCUT2D eigenvalue weighted by molar-refractivity contribution is -0.128. The number of carbonyl (C=O) groups is 1. The monoisotopic (exact) mass is 151 g/mol. The largest absolute Gasteiger partial charge is 0.422 e. The third-order valence-electron chi connectivity index (χ3n) is 1.19. The molecule has 0 aliphatic rings. The van der Waals surface area contributed by atoms with Crippen molar-refractivity contribution in [3.8, 4) is 5.75 Å². The maximum atomic E-state index is 10.6. The molecule has 0 N–H and O–H groups in total. The predicted octanol–water partition coefficient (Wildman–Crippen LogP) is 1.12. The highest BCUT2D eigenvalue weighted by Gasteiger charge is 1.98. The number of nitrogens with zero attached hydrogens (tertiary/aromatic N) is 1. The van der Waals surface area contributed by atoms with Gasteiger partial charge >= 0.3 is 5.97 Å². The van der Waals surface area contributed by atoms with Crippen LogP contribution in [0.5, 0.6) is 5.75 Å². The van der Waals surface area contributed by atoms with E-state index >= 15 is 0 Å². The van der Waals surface area contributed by atoms with Crippen LogP contribution in [0.1, 0.15) is 0 Å². The Hall–Kier alpha value is -1.51. The van der Waals surface area contributed by atoms with Gasteiger partial charge in [0.2, 0.25) is 0 Å². The van der Waals surface area contributed by atoms with Gasteiger partial charge in [-0.2, -0.15) is 0 Å². The molecule has 0 fully saturated rings. The summed E-state index contributed by atoms with van der Waals surface area (Å²) in [5, 5.41) is 0. The summed E-state index contributed by atoms with van der Waals surface area (Å²) in [6.07, 6.45) is 4.64.